The molecule has 0 aromatic heterocycles. The van der Waals surface area contributed by atoms with Crippen molar-refractivity contribution in [3.63, 3.8) is 0 Å². The third-order valence-corrected chi connectivity index (χ3v) is 4.01. The molecular weight excluding hydrogens is 176 g/mol. The normalized spacial score (nSPS) is 33.5. The third-order valence-electron chi connectivity index (χ3n) is 4.01. The van der Waals surface area contributed by atoms with Crippen molar-refractivity contribution in [2.75, 3.05) is 13.1 Å². The van der Waals surface area contributed by atoms with E-state index in [9.17, 15) is 4.79 Å². The summed E-state index contributed by atoms with van der Waals surface area (Å²) in [5.41, 5.74) is 0.502. The zero-order chi connectivity index (χ0) is 9.76. The first-order chi connectivity index (χ1) is 6.77. The average Bonchev–Trinajstić information content (AvgIpc) is 2.91. The first-order valence-corrected chi connectivity index (χ1v) is 5.47. The van der Waals surface area contributed by atoms with E-state index in [-0.39, 0.29) is 6.03 Å². The van der Waals surface area contributed by atoms with Crippen LogP contribution in [0.5, 0.6) is 0 Å². The second kappa shape index (κ2) is 2.53. The van der Waals surface area contributed by atoms with E-state index in [1.165, 1.54) is 19.3 Å². The van der Waals surface area contributed by atoms with E-state index in [0.717, 1.165) is 13.1 Å². The van der Waals surface area contributed by atoms with Gasteiger partial charge in [-0.25, -0.2) is 4.79 Å². The minimum atomic E-state index is 0.219. The summed E-state index contributed by atoms with van der Waals surface area (Å²) in [6.07, 6.45) is 7.80. The average molecular weight is 192 g/mol. The van der Waals surface area contributed by atoms with Gasteiger partial charge in [-0.05, 0) is 31.6 Å². The molecule has 3 rings (SSSR count). The Morgan fingerprint density at radius 2 is 2.21 bits per heavy atom. The predicted octanol–water partition coefficient (Wildman–Crippen LogP) is 1.81. The molecule has 2 heterocycles. The number of piperidine rings is 1. The van der Waals surface area contributed by atoms with E-state index in [0.29, 0.717) is 11.5 Å². The predicted molar refractivity (Wildman–Crippen MR) is 53.7 cm³/mol. The van der Waals surface area contributed by atoms with Crippen molar-refractivity contribution in [1.29, 1.82) is 0 Å². The Morgan fingerprint density at radius 1 is 1.43 bits per heavy atom. The van der Waals surface area contributed by atoms with Crippen molar-refractivity contribution in [2.24, 2.45) is 5.41 Å². The largest absolute Gasteiger partial charge is 0.324 e. The van der Waals surface area contributed by atoms with Crippen LogP contribution in [0.3, 0.4) is 0 Å². The molecule has 2 bridgehead atoms. The molecule has 0 unspecified atom stereocenters. The van der Waals surface area contributed by atoms with Crippen LogP contribution in [0, 0.1) is 5.41 Å². The van der Waals surface area contributed by atoms with Gasteiger partial charge in [0.15, 0.2) is 0 Å². The minimum Gasteiger partial charge on any atom is -0.322 e. The van der Waals surface area contributed by atoms with Crippen LogP contribution in [0.25, 0.3) is 0 Å². The maximum absolute atomic E-state index is 11.9. The van der Waals surface area contributed by atoms with Crippen LogP contribution >= 0.6 is 0 Å². The molecule has 76 valence electrons. The van der Waals surface area contributed by atoms with Crippen molar-refractivity contribution in [3.05, 3.63) is 12.3 Å². The number of hydrogen-bond donors (Lipinski definition) is 0. The van der Waals surface area contributed by atoms with E-state index in [1.54, 1.807) is 0 Å². The van der Waals surface area contributed by atoms with Gasteiger partial charge in [-0.15, -0.1) is 0 Å². The van der Waals surface area contributed by atoms with Crippen LogP contribution in [-0.4, -0.2) is 35.0 Å². The van der Waals surface area contributed by atoms with Gasteiger partial charge in [0.1, 0.15) is 0 Å². The number of rotatable bonds is 1. The number of carbonyl (C=O) groups is 1. The standard InChI is InChI=1S/C11H16N2O/c1-2-6-13-9-8-12(10(13)14)7-5-11(9)3-4-11/h2,6,9H,3-5,7-8H2,1H3/b6-2+/t9-/m1/s1. The highest BCUT2D eigenvalue weighted by atomic mass is 16.2. The molecule has 1 aliphatic carbocycles. The van der Waals surface area contributed by atoms with Crippen molar-refractivity contribution in [3.8, 4) is 0 Å². The molecule has 3 heteroatoms. The van der Waals surface area contributed by atoms with Crippen molar-refractivity contribution >= 4 is 6.03 Å². The monoisotopic (exact) mass is 192 g/mol. The van der Waals surface area contributed by atoms with Gasteiger partial charge in [-0.1, -0.05) is 6.08 Å². The van der Waals surface area contributed by atoms with Crippen LogP contribution in [0.15, 0.2) is 12.3 Å². The zero-order valence-corrected chi connectivity index (χ0v) is 8.57. The second-order valence-corrected chi connectivity index (χ2v) is 4.75. The Hall–Kier alpha value is -0.990. The molecule has 0 aromatic carbocycles. The third kappa shape index (κ3) is 0.900. The SMILES string of the molecule is C/C=C/N1C(=O)N2CCC3(CC3)[C@H]1C2. The summed E-state index contributed by atoms with van der Waals surface area (Å²) in [6, 6.07) is 0.692. The molecule has 2 amide bonds. The summed E-state index contributed by atoms with van der Waals surface area (Å²) >= 11 is 0. The molecule has 14 heavy (non-hydrogen) atoms. The fourth-order valence-corrected chi connectivity index (χ4v) is 2.94. The lowest BCUT2D eigenvalue weighted by Gasteiger charge is -2.30. The number of carbonyl (C=O) groups excluding carboxylic acids is 1. The lowest BCUT2D eigenvalue weighted by molar-refractivity contribution is 0.202. The van der Waals surface area contributed by atoms with Crippen molar-refractivity contribution in [2.45, 2.75) is 32.2 Å². The molecule has 1 atom stereocenters. The highest BCUT2D eigenvalue weighted by molar-refractivity contribution is 5.79. The van der Waals surface area contributed by atoms with Crippen LogP contribution in [0.4, 0.5) is 4.79 Å². The summed E-state index contributed by atoms with van der Waals surface area (Å²) < 4.78 is 0. The molecule has 0 aromatic rings. The number of amides is 2. The molecule has 1 spiro atoms. The Labute approximate surface area is 84.4 Å². The second-order valence-electron chi connectivity index (χ2n) is 4.75. The fraction of sp³-hybridized carbons (Fsp3) is 0.727. The molecule has 3 aliphatic rings. The van der Waals surface area contributed by atoms with Gasteiger partial charge >= 0.3 is 6.03 Å². The number of fused-ring (bicyclic) bond motifs is 3. The molecule has 0 N–H and O–H groups in total. The minimum absolute atomic E-state index is 0.219. The molecule has 2 saturated heterocycles. The van der Waals surface area contributed by atoms with Crippen LogP contribution in [-0.2, 0) is 0 Å². The topological polar surface area (TPSA) is 23.6 Å². The Kier molecular flexibility index (Phi) is 1.50. The Balaban J connectivity index is 1.93. The first kappa shape index (κ1) is 8.33. The lowest BCUT2D eigenvalue weighted by atomic mass is 9.89. The number of hydrogen-bond acceptors (Lipinski definition) is 1. The van der Waals surface area contributed by atoms with Crippen molar-refractivity contribution < 1.29 is 4.79 Å². The van der Waals surface area contributed by atoms with Crippen LogP contribution < -0.4 is 0 Å². The summed E-state index contributed by atoms with van der Waals surface area (Å²) in [6.45, 7) is 3.91. The number of nitrogens with zero attached hydrogens (tertiary/aromatic N) is 2. The smallest absolute Gasteiger partial charge is 0.322 e. The summed E-state index contributed by atoms with van der Waals surface area (Å²) in [7, 11) is 0. The van der Waals surface area contributed by atoms with E-state index in [4.69, 9.17) is 0 Å². The maximum Gasteiger partial charge on any atom is 0.324 e. The summed E-state index contributed by atoms with van der Waals surface area (Å²) in [4.78, 5) is 15.8. The van der Waals surface area contributed by atoms with Crippen molar-refractivity contribution in [1.82, 2.24) is 9.80 Å². The highest BCUT2D eigenvalue weighted by Gasteiger charge is 2.58. The van der Waals surface area contributed by atoms with Crippen LogP contribution in [0.2, 0.25) is 0 Å². The Bertz CT molecular complexity index is 306. The van der Waals surface area contributed by atoms with Crippen LogP contribution in [0.1, 0.15) is 26.2 Å². The highest BCUT2D eigenvalue weighted by Crippen LogP contribution is 2.57. The maximum atomic E-state index is 11.9. The van der Waals surface area contributed by atoms with Gasteiger partial charge in [0.05, 0.1) is 6.04 Å². The number of urea groups is 1. The van der Waals surface area contributed by atoms with Gasteiger partial charge < -0.3 is 4.90 Å². The van der Waals surface area contributed by atoms with Gasteiger partial charge in [-0.3, -0.25) is 4.90 Å². The summed E-state index contributed by atoms with van der Waals surface area (Å²) in [5.74, 6) is 0. The molecule has 2 aliphatic heterocycles. The molecule has 3 nitrogen and oxygen atoms in total. The quantitative estimate of drug-likeness (QED) is 0.621. The van der Waals surface area contributed by atoms with Gasteiger partial charge in [0, 0.05) is 19.3 Å². The first-order valence-electron chi connectivity index (χ1n) is 5.47. The lowest BCUT2D eigenvalue weighted by Crippen LogP contribution is -2.39. The van der Waals surface area contributed by atoms with Gasteiger partial charge in [-0.2, -0.15) is 0 Å². The van der Waals surface area contributed by atoms with E-state index in [1.807, 2.05) is 29.0 Å². The van der Waals surface area contributed by atoms with Gasteiger partial charge in [0.25, 0.3) is 0 Å². The fourth-order valence-electron chi connectivity index (χ4n) is 2.94. The van der Waals surface area contributed by atoms with Gasteiger partial charge in [0.2, 0.25) is 0 Å². The van der Waals surface area contributed by atoms with E-state index >= 15 is 0 Å². The van der Waals surface area contributed by atoms with E-state index in [2.05, 4.69) is 0 Å². The molecule has 0 radical (unpaired) electrons. The summed E-state index contributed by atoms with van der Waals surface area (Å²) in [5, 5.41) is 0. The number of allylic oxidation sites excluding steroid dienone is 1. The molecule has 3 fully saturated rings. The zero-order valence-electron chi connectivity index (χ0n) is 8.57. The molecular formula is C11H16N2O. The van der Waals surface area contributed by atoms with E-state index < -0.39 is 0 Å². The Morgan fingerprint density at radius 3 is 2.86 bits per heavy atom. The molecule has 1 saturated carbocycles.